The van der Waals surface area contributed by atoms with Crippen molar-refractivity contribution in [1.29, 1.82) is 0 Å². The molecule has 0 aliphatic heterocycles. The van der Waals surface area contributed by atoms with Crippen molar-refractivity contribution in [3.8, 4) is 17.2 Å². The number of benzene rings is 2. The maximum absolute atomic E-state index is 12.7. The van der Waals surface area contributed by atoms with Crippen LogP contribution in [-0.4, -0.2) is 16.2 Å². The van der Waals surface area contributed by atoms with Crippen LogP contribution in [0.5, 0.6) is 17.2 Å². The Kier molecular flexibility index (Phi) is 22.2. The van der Waals surface area contributed by atoms with Crippen molar-refractivity contribution < 1.29 is 19.7 Å². The van der Waals surface area contributed by atoms with E-state index in [-0.39, 0.29) is 11.5 Å². The number of phenolic OH excluding ortho intramolecular Hbond substituents is 2. The normalized spacial score (nSPS) is 12.6. The van der Waals surface area contributed by atoms with Crippen LogP contribution in [0.25, 0.3) is 6.08 Å². The first-order valence-corrected chi connectivity index (χ1v) is 18.2. The van der Waals surface area contributed by atoms with Gasteiger partial charge in [0.1, 0.15) is 17.2 Å². The second-order valence-corrected chi connectivity index (χ2v) is 12.3. The minimum atomic E-state index is -0.456. The van der Waals surface area contributed by atoms with Crippen LogP contribution in [0.15, 0.2) is 121 Å². The van der Waals surface area contributed by atoms with Crippen molar-refractivity contribution in [2.45, 2.75) is 97.3 Å². The molecular formula is C44H55ClO4. The lowest BCUT2D eigenvalue weighted by molar-refractivity contribution is -0.129. The van der Waals surface area contributed by atoms with E-state index in [2.05, 4.69) is 13.8 Å². The molecule has 4 nitrogen and oxygen atoms in total. The third kappa shape index (κ3) is 19.3. The van der Waals surface area contributed by atoms with E-state index in [0.29, 0.717) is 17.2 Å². The smallest absolute Gasteiger partial charge is 0.336 e. The maximum atomic E-state index is 12.7. The summed E-state index contributed by atoms with van der Waals surface area (Å²) in [4.78, 5) is 12.7. The fourth-order valence-corrected chi connectivity index (χ4v) is 5.22. The highest BCUT2D eigenvalue weighted by atomic mass is 35.5. The van der Waals surface area contributed by atoms with Crippen LogP contribution in [0.4, 0.5) is 0 Å². The summed E-state index contributed by atoms with van der Waals surface area (Å²) >= 11 is 5.91. The van der Waals surface area contributed by atoms with Gasteiger partial charge in [-0.3, -0.25) is 0 Å². The monoisotopic (exact) mass is 682 g/mol. The molecule has 0 heterocycles. The van der Waals surface area contributed by atoms with Crippen molar-refractivity contribution in [2.75, 3.05) is 0 Å². The summed E-state index contributed by atoms with van der Waals surface area (Å²) in [5.41, 5.74) is 2.64. The zero-order valence-corrected chi connectivity index (χ0v) is 30.2. The Bertz CT molecular complexity index is 1490. The Morgan fingerprint density at radius 2 is 1.12 bits per heavy atom. The Balaban J connectivity index is 1.80. The largest absolute Gasteiger partial charge is 0.508 e. The molecule has 0 saturated heterocycles. The third-order valence-electron chi connectivity index (χ3n) is 7.74. The molecule has 2 N–H and O–H groups in total. The number of hydrogen-bond donors (Lipinski definition) is 2. The van der Waals surface area contributed by atoms with Crippen LogP contribution in [-0.2, 0) is 17.6 Å². The van der Waals surface area contributed by atoms with Crippen LogP contribution in [0.2, 0.25) is 5.02 Å². The van der Waals surface area contributed by atoms with Crippen LogP contribution < -0.4 is 4.74 Å². The average Bonchev–Trinajstić information content (AvgIpc) is 3.08. The highest BCUT2D eigenvalue weighted by molar-refractivity contribution is 6.32. The fraction of sp³-hybridized carbons (Fsp3) is 0.341. The quantitative estimate of drug-likeness (QED) is 0.0402. The van der Waals surface area contributed by atoms with Gasteiger partial charge in [0, 0.05) is 11.6 Å². The number of unbranched alkanes of at least 4 members (excludes halogenated alkanes) is 9. The lowest BCUT2D eigenvalue weighted by Gasteiger charge is -2.14. The van der Waals surface area contributed by atoms with Gasteiger partial charge >= 0.3 is 5.97 Å². The molecular weight excluding hydrogens is 628 g/mol. The third-order valence-corrected chi connectivity index (χ3v) is 8.05. The molecule has 0 unspecified atom stereocenters. The Labute approximate surface area is 300 Å². The minimum absolute atomic E-state index is 0.0766. The molecule has 0 aliphatic carbocycles. The molecule has 2 rings (SSSR count). The summed E-state index contributed by atoms with van der Waals surface area (Å²) < 4.78 is 5.76. The number of aryl methyl sites for hydroxylation is 1. The molecule has 0 radical (unpaired) electrons. The van der Waals surface area contributed by atoms with Gasteiger partial charge in [-0.25, -0.2) is 4.79 Å². The van der Waals surface area contributed by atoms with Crippen molar-refractivity contribution in [2.24, 2.45) is 0 Å². The number of esters is 1. The number of ether oxygens (including phenoxy) is 1. The van der Waals surface area contributed by atoms with E-state index in [1.165, 1.54) is 44.6 Å². The lowest BCUT2D eigenvalue weighted by Crippen LogP contribution is -2.07. The molecule has 0 saturated carbocycles. The van der Waals surface area contributed by atoms with Gasteiger partial charge in [0.2, 0.25) is 0 Å². The van der Waals surface area contributed by atoms with Crippen LogP contribution in [0.3, 0.4) is 0 Å². The van der Waals surface area contributed by atoms with Crippen LogP contribution in [0, 0.1) is 0 Å². The van der Waals surface area contributed by atoms with Gasteiger partial charge in [-0.1, -0.05) is 180 Å². The van der Waals surface area contributed by atoms with Gasteiger partial charge in [0.25, 0.3) is 0 Å². The van der Waals surface area contributed by atoms with E-state index in [4.69, 9.17) is 16.3 Å². The molecule has 0 fully saturated rings. The number of aromatic hydroxyl groups is 2. The van der Waals surface area contributed by atoms with E-state index in [0.717, 1.165) is 55.2 Å². The highest BCUT2D eigenvalue weighted by Gasteiger charge is 2.14. The standard InChI is InChI=1S/C44H55ClO4/c1-3-5-7-8-9-19-22-26-30-39-42(47)35-38(29-24-6-4-2)36-43(39)49-44(48)31-27-23-20-17-15-13-11-10-12-14-16-18-21-25-28-37-32-33-41(46)40(45)34-37/h10-18,20-21,23,25,27-28,31-36,46-47H,3-9,19,22,24,26,29-30H2,1-2H3. The van der Waals surface area contributed by atoms with Crippen molar-refractivity contribution >= 4 is 23.6 Å². The summed E-state index contributed by atoms with van der Waals surface area (Å²) in [7, 11) is 0. The predicted octanol–water partition coefficient (Wildman–Crippen LogP) is 12.7. The summed E-state index contributed by atoms with van der Waals surface area (Å²) in [5, 5.41) is 20.6. The van der Waals surface area contributed by atoms with Gasteiger partial charge in [0.05, 0.1) is 5.02 Å². The molecule has 0 spiro atoms. The first kappa shape index (κ1) is 40.9. The second-order valence-electron chi connectivity index (χ2n) is 11.9. The minimum Gasteiger partial charge on any atom is -0.508 e. The summed E-state index contributed by atoms with van der Waals surface area (Å²) in [6.45, 7) is 4.40. The van der Waals surface area contributed by atoms with Gasteiger partial charge in [-0.05, 0) is 61.1 Å². The zero-order chi connectivity index (χ0) is 35.4. The number of allylic oxidation sites excluding steroid dienone is 14. The van der Waals surface area contributed by atoms with E-state index in [1.54, 1.807) is 30.4 Å². The molecule has 0 aliphatic rings. The number of hydrogen-bond acceptors (Lipinski definition) is 4. The van der Waals surface area contributed by atoms with Crippen molar-refractivity contribution in [1.82, 2.24) is 0 Å². The predicted molar refractivity (Wildman–Crippen MR) is 209 cm³/mol. The van der Waals surface area contributed by atoms with Gasteiger partial charge in [-0.15, -0.1) is 0 Å². The van der Waals surface area contributed by atoms with Crippen LogP contribution in [0.1, 0.15) is 101 Å². The first-order valence-electron chi connectivity index (χ1n) is 17.8. The van der Waals surface area contributed by atoms with Gasteiger partial charge in [0.15, 0.2) is 0 Å². The van der Waals surface area contributed by atoms with Gasteiger partial charge < -0.3 is 14.9 Å². The summed E-state index contributed by atoms with van der Waals surface area (Å²) in [6, 6.07) is 8.85. The first-order chi connectivity index (χ1) is 23.9. The molecule has 2 aromatic carbocycles. The molecule has 0 amide bonds. The maximum Gasteiger partial charge on any atom is 0.336 e. The molecule has 49 heavy (non-hydrogen) atoms. The van der Waals surface area contributed by atoms with E-state index < -0.39 is 5.97 Å². The fourth-order valence-electron chi connectivity index (χ4n) is 5.03. The number of phenols is 2. The second kappa shape index (κ2) is 26.6. The van der Waals surface area contributed by atoms with Crippen LogP contribution >= 0.6 is 11.6 Å². The number of carbonyl (C=O) groups excluding carboxylic acids is 1. The Hall–Kier alpha value is -4.28. The number of halogens is 1. The number of carbonyl (C=O) groups is 1. The topological polar surface area (TPSA) is 66.8 Å². The molecule has 0 aromatic heterocycles. The SMILES string of the molecule is CCCCCCCCCCc1c(O)cc(CCCCC)cc1OC(=O)C=CC=CC=CC=CC=CC=CC=CC=Cc1ccc(O)c(Cl)c1. The molecule has 0 bridgehead atoms. The van der Waals surface area contributed by atoms with E-state index in [1.807, 2.05) is 91.1 Å². The van der Waals surface area contributed by atoms with Crippen molar-refractivity contribution in [3.63, 3.8) is 0 Å². The number of rotatable bonds is 23. The van der Waals surface area contributed by atoms with Crippen molar-refractivity contribution in [3.05, 3.63) is 143 Å². The zero-order valence-electron chi connectivity index (χ0n) is 29.4. The lowest BCUT2D eigenvalue weighted by atomic mass is 9.99. The molecule has 5 heteroatoms. The van der Waals surface area contributed by atoms with E-state index in [9.17, 15) is 15.0 Å². The summed E-state index contributed by atoms with van der Waals surface area (Å²) in [5.74, 6) is 0.326. The van der Waals surface area contributed by atoms with Gasteiger partial charge in [-0.2, -0.15) is 0 Å². The highest BCUT2D eigenvalue weighted by Crippen LogP contribution is 2.33. The Morgan fingerprint density at radius 3 is 1.71 bits per heavy atom. The Morgan fingerprint density at radius 1 is 0.612 bits per heavy atom. The summed E-state index contributed by atoms with van der Waals surface area (Å²) in [6.07, 6.45) is 44.2. The molecule has 262 valence electrons. The molecule has 0 atom stereocenters. The average molecular weight is 683 g/mol. The van der Waals surface area contributed by atoms with E-state index >= 15 is 0 Å². The molecule has 2 aromatic rings.